The molecule has 4 N–H and O–H groups in total. The number of amides is 2. The average molecular weight is 428 g/mol. The molecule has 1 aliphatic rings. The van der Waals surface area contributed by atoms with Crippen molar-refractivity contribution in [3.8, 4) is 11.1 Å². The molecule has 1 aliphatic carbocycles. The normalized spacial score (nSPS) is 14.1. The number of carbonyl (C=O) groups excluding carboxylic acids is 2. The van der Waals surface area contributed by atoms with Gasteiger partial charge in [0.25, 0.3) is 5.91 Å². The number of rotatable bonds is 9. The standard InChI is InChI=1S/C22H24N2O7/c1-30-19(20(26)24-18(11-25)21(27)28)10-23-22(29)31-12-17-15-8-4-2-6-13(15)14-7-3-5-9-16(14)17/h2-9,17-19,25H,10-12H2,1H3,(H,23,29)(H,24,26)(H,27,28)/t18-,19?/m1/s1. The quantitative estimate of drug-likeness (QED) is 0.470. The summed E-state index contributed by atoms with van der Waals surface area (Å²) in [6, 6.07) is 14.4. The minimum Gasteiger partial charge on any atom is -0.480 e. The van der Waals surface area contributed by atoms with Crippen LogP contribution in [0.25, 0.3) is 11.1 Å². The van der Waals surface area contributed by atoms with Crippen LogP contribution in [-0.4, -0.2) is 67.2 Å². The Morgan fingerprint density at radius 2 is 1.61 bits per heavy atom. The SMILES string of the molecule is COC(CNC(=O)OCC1c2ccccc2-c2ccccc21)C(=O)N[C@H](CO)C(=O)O. The van der Waals surface area contributed by atoms with Crippen molar-refractivity contribution < 1.29 is 34.1 Å². The third kappa shape index (κ3) is 5.01. The molecule has 0 radical (unpaired) electrons. The number of carboxylic acid groups (broad SMARTS) is 1. The summed E-state index contributed by atoms with van der Waals surface area (Å²) in [6.45, 7) is -0.872. The molecule has 1 unspecified atom stereocenters. The monoisotopic (exact) mass is 428 g/mol. The van der Waals surface area contributed by atoms with Gasteiger partial charge < -0.3 is 30.3 Å². The zero-order valence-electron chi connectivity index (χ0n) is 16.9. The highest BCUT2D eigenvalue weighted by Gasteiger charge is 2.29. The van der Waals surface area contributed by atoms with Crippen molar-refractivity contribution in [3.63, 3.8) is 0 Å². The second kappa shape index (κ2) is 10.1. The number of ether oxygens (including phenoxy) is 2. The molecule has 0 fully saturated rings. The van der Waals surface area contributed by atoms with E-state index in [2.05, 4.69) is 10.6 Å². The van der Waals surface area contributed by atoms with Crippen LogP contribution in [0.3, 0.4) is 0 Å². The smallest absolute Gasteiger partial charge is 0.407 e. The lowest BCUT2D eigenvalue weighted by Crippen LogP contribution is -2.50. The summed E-state index contributed by atoms with van der Waals surface area (Å²) >= 11 is 0. The molecule has 9 heteroatoms. The van der Waals surface area contributed by atoms with Crippen LogP contribution in [0.4, 0.5) is 4.79 Å². The van der Waals surface area contributed by atoms with Gasteiger partial charge in [0.05, 0.1) is 13.2 Å². The van der Waals surface area contributed by atoms with Gasteiger partial charge in [-0.2, -0.15) is 0 Å². The predicted octanol–water partition coefficient (Wildman–Crippen LogP) is 1.10. The maximum absolute atomic E-state index is 12.2. The van der Waals surface area contributed by atoms with Gasteiger partial charge in [-0.1, -0.05) is 48.5 Å². The average Bonchev–Trinajstić information content (AvgIpc) is 3.10. The second-order valence-corrected chi connectivity index (χ2v) is 7.01. The summed E-state index contributed by atoms with van der Waals surface area (Å²) in [7, 11) is 1.25. The van der Waals surface area contributed by atoms with Gasteiger partial charge in [0.1, 0.15) is 12.6 Å². The van der Waals surface area contributed by atoms with Crippen molar-refractivity contribution in [2.24, 2.45) is 0 Å². The van der Waals surface area contributed by atoms with Gasteiger partial charge in [0, 0.05) is 13.0 Å². The van der Waals surface area contributed by atoms with Crippen LogP contribution in [0, 0.1) is 0 Å². The number of nitrogens with one attached hydrogen (secondary N) is 2. The van der Waals surface area contributed by atoms with E-state index in [4.69, 9.17) is 19.7 Å². The first-order valence-electron chi connectivity index (χ1n) is 9.72. The third-order valence-electron chi connectivity index (χ3n) is 5.15. The van der Waals surface area contributed by atoms with Gasteiger partial charge in [-0.05, 0) is 22.3 Å². The first-order valence-corrected chi connectivity index (χ1v) is 9.72. The van der Waals surface area contributed by atoms with E-state index in [0.717, 1.165) is 22.3 Å². The predicted molar refractivity (Wildman–Crippen MR) is 111 cm³/mol. The molecule has 0 bridgehead atoms. The molecular weight excluding hydrogens is 404 g/mol. The Labute approximate surface area is 179 Å². The molecule has 164 valence electrons. The first kappa shape index (κ1) is 22.3. The van der Waals surface area contributed by atoms with Crippen molar-refractivity contribution in [2.45, 2.75) is 18.1 Å². The summed E-state index contributed by atoms with van der Waals surface area (Å²) in [4.78, 5) is 35.2. The topological polar surface area (TPSA) is 134 Å². The van der Waals surface area contributed by atoms with E-state index in [1.165, 1.54) is 7.11 Å². The van der Waals surface area contributed by atoms with Gasteiger partial charge in [-0.3, -0.25) is 4.79 Å². The largest absolute Gasteiger partial charge is 0.480 e. The highest BCUT2D eigenvalue weighted by molar-refractivity contribution is 5.87. The number of alkyl carbamates (subject to hydrolysis) is 1. The van der Waals surface area contributed by atoms with Gasteiger partial charge in [0.2, 0.25) is 0 Å². The maximum atomic E-state index is 12.2. The van der Waals surface area contributed by atoms with E-state index >= 15 is 0 Å². The van der Waals surface area contributed by atoms with Crippen LogP contribution < -0.4 is 10.6 Å². The Balaban J connectivity index is 1.56. The van der Waals surface area contributed by atoms with Crippen molar-refractivity contribution in [2.75, 3.05) is 26.9 Å². The van der Waals surface area contributed by atoms with Crippen molar-refractivity contribution in [1.29, 1.82) is 0 Å². The van der Waals surface area contributed by atoms with Crippen molar-refractivity contribution >= 4 is 18.0 Å². The minimum atomic E-state index is -1.46. The molecule has 0 saturated heterocycles. The molecule has 9 nitrogen and oxygen atoms in total. The van der Waals surface area contributed by atoms with Crippen LogP contribution in [0.15, 0.2) is 48.5 Å². The molecule has 2 amide bonds. The highest BCUT2D eigenvalue weighted by atomic mass is 16.5. The Morgan fingerprint density at radius 1 is 1.03 bits per heavy atom. The van der Waals surface area contributed by atoms with Crippen LogP contribution in [0.1, 0.15) is 17.0 Å². The highest BCUT2D eigenvalue weighted by Crippen LogP contribution is 2.44. The van der Waals surface area contributed by atoms with Crippen molar-refractivity contribution in [3.05, 3.63) is 59.7 Å². The number of hydrogen-bond donors (Lipinski definition) is 4. The van der Waals surface area contributed by atoms with Gasteiger partial charge in [-0.25, -0.2) is 9.59 Å². The van der Waals surface area contributed by atoms with E-state index in [9.17, 15) is 14.4 Å². The van der Waals surface area contributed by atoms with Gasteiger partial charge >= 0.3 is 12.1 Å². The summed E-state index contributed by atoms with van der Waals surface area (Å²) < 4.78 is 10.4. The van der Waals surface area contributed by atoms with Gasteiger partial charge in [0.15, 0.2) is 6.10 Å². The van der Waals surface area contributed by atoms with Crippen LogP contribution in [0.2, 0.25) is 0 Å². The van der Waals surface area contributed by atoms with Crippen molar-refractivity contribution in [1.82, 2.24) is 10.6 Å². The second-order valence-electron chi connectivity index (χ2n) is 7.01. The molecule has 2 atom stereocenters. The summed E-state index contributed by atoms with van der Waals surface area (Å²) in [5.41, 5.74) is 4.38. The van der Waals surface area contributed by atoms with E-state index in [-0.39, 0.29) is 19.1 Å². The van der Waals surface area contributed by atoms with Crippen LogP contribution in [-0.2, 0) is 19.1 Å². The summed E-state index contributed by atoms with van der Waals surface area (Å²) in [6.07, 6.45) is -1.87. The molecule has 0 heterocycles. The molecule has 3 rings (SSSR count). The Kier molecular flexibility index (Phi) is 7.22. The first-order chi connectivity index (χ1) is 15.0. The number of carboxylic acids is 1. The fourth-order valence-corrected chi connectivity index (χ4v) is 3.56. The number of benzene rings is 2. The minimum absolute atomic E-state index is 0.0967. The van der Waals surface area contributed by atoms with E-state index < -0.39 is 36.7 Å². The summed E-state index contributed by atoms with van der Waals surface area (Å²) in [5, 5.41) is 22.5. The molecular formula is C22H24N2O7. The molecule has 0 aromatic heterocycles. The van der Waals surface area contributed by atoms with Gasteiger partial charge in [-0.15, -0.1) is 0 Å². The number of aliphatic hydroxyl groups is 1. The molecule has 2 aromatic rings. The lowest BCUT2D eigenvalue weighted by Gasteiger charge is -2.19. The summed E-state index contributed by atoms with van der Waals surface area (Å²) in [5.74, 6) is -2.25. The Morgan fingerprint density at radius 3 is 2.13 bits per heavy atom. The number of carbonyl (C=O) groups is 3. The number of aliphatic hydroxyl groups excluding tert-OH is 1. The Bertz CT molecular complexity index is 917. The number of aliphatic carboxylic acids is 1. The molecule has 0 aliphatic heterocycles. The number of fused-ring (bicyclic) bond motifs is 3. The molecule has 0 spiro atoms. The lowest BCUT2D eigenvalue weighted by molar-refractivity contribution is -0.144. The Hall–Kier alpha value is -3.43. The van der Waals surface area contributed by atoms with Crippen LogP contribution in [0.5, 0.6) is 0 Å². The zero-order valence-corrected chi connectivity index (χ0v) is 16.9. The van der Waals surface area contributed by atoms with E-state index in [1.807, 2.05) is 48.5 Å². The zero-order chi connectivity index (χ0) is 22.4. The molecule has 0 saturated carbocycles. The molecule has 31 heavy (non-hydrogen) atoms. The number of hydrogen-bond acceptors (Lipinski definition) is 6. The van der Waals surface area contributed by atoms with E-state index in [1.54, 1.807) is 0 Å². The maximum Gasteiger partial charge on any atom is 0.407 e. The van der Waals surface area contributed by atoms with E-state index in [0.29, 0.717) is 0 Å². The fourth-order valence-electron chi connectivity index (χ4n) is 3.56. The van der Waals surface area contributed by atoms with Crippen LogP contribution >= 0.6 is 0 Å². The molecule has 2 aromatic carbocycles. The lowest BCUT2D eigenvalue weighted by atomic mass is 9.98. The third-order valence-corrected chi connectivity index (χ3v) is 5.15. The fraction of sp³-hybridized carbons (Fsp3) is 0.318. The number of methoxy groups -OCH3 is 1.